The van der Waals surface area contributed by atoms with Gasteiger partial charge in [-0.1, -0.05) is 30.1 Å². The van der Waals surface area contributed by atoms with E-state index in [0.717, 1.165) is 18.4 Å². The highest BCUT2D eigenvalue weighted by Gasteiger charge is 2.07. The van der Waals surface area contributed by atoms with Crippen molar-refractivity contribution in [1.29, 1.82) is 0 Å². The van der Waals surface area contributed by atoms with Gasteiger partial charge >= 0.3 is 0 Å². The maximum atomic E-state index is 6.20. The van der Waals surface area contributed by atoms with Crippen LogP contribution >= 0.6 is 23.2 Å². The van der Waals surface area contributed by atoms with Gasteiger partial charge in [0.1, 0.15) is 17.5 Å². The van der Waals surface area contributed by atoms with E-state index < -0.39 is 0 Å². The predicted octanol–water partition coefficient (Wildman–Crippen LogP) is 4.37. The molecule has 0 aliphatic heterocycles. The standard InChI is InChI=1S/C14H16Cl2N4/c1-3-4-13-19-12(17)7-14(20-13)18-11-6-9(15)8(2)5-10(11)16/h5-7H,3-4H2,1-2H3,(H3,17,18,19,20). The minimum absolute atomic E-state index is 0.431. The minimum Gasteiger partial charge on any atom is -0.384 e. The monoisotopic (exact) mass is 310 g/mol. The summed E-state index contributed by atoms with van der Waals surface area (Å²) >= 11 is 12.3. The molecule has 4 nitrogen and oxygen atoms in total. The first-order valence-electron chi connectivity index (χ1n) is 6.35. The summed E-state index contributed by atoms with van der Waals surface area (Å²) in [5.41, 5.74) is 7.41. The summed E-state index contributed by atoms with van der Waals surface area (Å²) in [7, 11) is 0. The van der Waals surface area contributed by atoms with Crippen molar-refractivity contribution in [2.24, 2.45) is 0 Å². The maximum Gasteiger partial charge on any atom is 0.136 e. The Kier molecular flexibility index (Phi) is 4.68. The van der Waals surface area contributed by atoms with Crippen molar-refractivity contribution in [2.75, 3.05) is 11.1 Å². The van der Waals surface area contributed by atoms with E-state index in [1.165, 1.54) is 0 Å². The zero-order chi connectivity index (χ0) is 14.7. The van der Waals surface area contributed by atoms with Gasteiger partial charge in [0.25, 0.3) is 0 Å². The quantitative estimate of drug-likeness (QED) is 0.880. The average Bonchev–Trinajstić information content (AvgIpc) is 2.35. The van der Waals surface area contributed by atoms with Crippen LogP contribution in [0.5, 0.6) is 0 Å². The fourth-order valence-corrected chi connectivity index (χ4v) is 2.23. The fourth-order valence-electron chi connectivity index (χ4n) is 1.80. The van der Waals surface area contributed by atoms with Crippen LogP contribution in [-0.4, -0.2) is 9.97 Å². The van der Waals surface area contributed by atoms with Gasteiger partial charge in [-0.05, 0) is 31.0 Å². The van der Waals surface area contributed by atoms with Crippen molar-refractivity contribution in [3.05, 3.63) is 39.6 Å². The maximum absolute atomic E-state index is 6.20. The molecule has 0 saturated heterocycles. The van der Waals surface area contributed by atoms with Crippen molar-refractivity contribution < 1.29 is 0 Å². The molecule has 0 spiro atoms. The molecule has 0 atom stereocenters. The van der Waals surface area contributed by atoms with Crippen molar-refractivity contribution in [1.82, 2.24) is 9.97 Å². The van der Waals surface area contributed by atoms with E-state index in [2.05, 4.69) is 22.2 Å². The number of anilines is 3. The molecule has 0 aliphatic carbocycles. The fraction of sp³-hybridized carbons (Fsp3) is 0.286. The highest BCUT2D eigenvalue weighted by atomic mass is 35.5. The largest absolute Gasteiger partial charge is 0.384 e. The Hall–Kier alpha value is -1.52. The molecule has 1 aromatic heterocycles. The molecule has 0 radical (unpaired) electrons. The zero-order valence-corrected chi connectivity index (χ0v) is 12.9. The summed E-state index contributed by atoms with van der Waals surface area (Å²) in [6.07, 6.45) is 1.74. The summed E-state index contributed by atoms with van der Waals surface area (Å²) in [5, 5.41) is 4.36. The number of hydrogen-bond acceptors (Lipinski definition) is 4. The summed E-state index contributed by atoms with van der Waals surface area (Å²) < 4.78 is 0. The van der Waals surface area contributed by atoms with Crippen molar-refractivity contribution in [3.8, 4) is 0 Å². The molecular weight excluding hydrogens is 295 g/mol. The normalized spacial score (nSPS) is 10.6. The summed E-state index contributed by atoms with van der Waals surface area (Å²) in [6.45, 7) is 3.97. The van der Waals surface area contributed by atoms with Crippen LogP contribution in [0, 0.1) is 6.92 Å². The zero-order valence-electron chi connectivity index (χ0n) is 11.4. The molecule has 20 heavy (non-hydrogen) atoms. The molecule has 3 N–H and O–H groups in total. The SMILES string of the molecule is CCCc1nc(N)cc(Nc2cc(Cl)c(C)cc2Cl)n1. The molecule has 2 rings (SSSR count). The molecule has 106 valence electrons. The Bertz CT molecular complexity index is 629. The number of aryl methyl sites for hydroxylation is 2. The number of hydrogen-bond donors (Lipinski definition) is 2. The first kappa shape index (κ1) is 14.9. The third-order valence-corrected chi connectivity index (χ3v) is 3.50. The number of rotatable bonds is 4. The number of aromatic nitrogens is 2. The van der Waals surface area contributed by atoms with Crippen LogP contribution in [0.15, 0.2) is 18.2 Å². The Balaban J connectivity index is 2.32. The van der Waals surface area contributed by atoms with Crippen molar-refractivity contribution >= 4 is 40.5 Å². The minimum atomic E-state index is 0.431. The van der Waals surface area contributed by atoms with E-state index in [1.807, 2.05) is 13.0 Å². The van der Waals surface area contributed by atoms with Gasteiger partial charge in [0.05, 0.1) is 10.7 Å². The first-order valence-corrected chi connectivity index (χ1v) is 7.11. The lowest BCUT2D eigenvalue weighted by Gasteiger charge is -2.11. The second kappa shape index (κ2) is 6.29. The second-order valence-corrected chi connectivity index (χ2v) is 5.36. The van der Waals surface area contributed by atoms with Gasteiger partial charge in [-0.15, -0.1) is 0 Å². The third-order valence-electron chi connectivity index (χ3n) is 2.78. The topological polar surface area (TPSA) is 63.8 Å². The van der Waals surface area contributed by atoms with E-state index in [9.17, 15) is 0 Å². The molecule has 1 heterocycles. The van der Waals surface area contributed by atoms with Crippen LogP contribution in [0.3, 0.4) is 0 Å². The van der Waals surface area contributed by atoms with Gasteiger partial charge in [0, 0.05) is 17.5 Å². The molecule has 6 heteroatoms. The number of nitrogen functional groups attached to an aromatic ring is 1. The Morgan fingerprint density at radius 1 is 1.15 bits per heavy atom. The molecule has 0 fully saturated rings. The number of benzene rings is 1. The number of halogens is 2. The van der Waals surface area contributed by atoms with Gasteiger partial charge in [-0.2, -0.15) is 0 Å². The Morgan fingerprint density at radius 3 is 2.60 bits per heavy atom. The molecule has 0 saturated carbocycles. The average molecular weight is 311 g/mol. The molecular formula is C14H16Cl2N4. The third kappa shape index (κ3) is 3.52. The summed E-state index contributed by atoms with van der Waals surface area (Å²) in [6, 6.07) is 5.25. The number of nitrogens with zero attached hydrogens (tertiary/aromatic N) is 2. The first-order chi connectivity index (χ1) is 9.49. The van der Waals surface area contributed by atoms with E-state index in [1.54, 1.807) is 12.1 Å². The van der Waals surface area contributed by atoms with Gasteiger partial charge in [-0.3, -0.25) is 0 Å². The molecule has 1 aromatic carbocycles. The second-order valence-electron chi connectivity index (χ2n) is 4.55. The molecule has 2 aromatic rings. The van der Waals surface area contributed by atoms with Crippen LogP contribution < -0.4 is 11.1 Å². The van der Waals surface area contributed by atoms with Crippen LogP contribution in [0.4, 0.5) is 17.3 Å². The van der Waals surface area contributed by atoms with E-state index in [0.29, 0.717) is 33.2 Å². The van der Waals surface area contributed by atoms with Gasteiger partial charge in [-0.25, -0.2) is 9.97 Å². The van der Waals surface area contributed by atoms with E-state index in [-0.39, 0.29) is 0 Å². The van der Waals surface area contributed by atoms with Crippen LogP contribution in [0.25, 0.3) is 0 Å². The van der Waals surface area contributed by atoms with Gasteiger partial charge in [0.2, 0.25) is 0 Å². The summed E-state index contributed by atoms with van der Waals surface area (Å²) in [4.78, 5) is 8.59. The lowest BCUT2D eigenvalue weighted by molar-refractivity contribution is 0.839. The predicted molar refractivity (Wildman–Crippen MR) is 84.9 cm³/mol. The molecule has 0 amide bonds. The molecule has 0 unspecified atom stereocenters. The van der Waals surface area contributed by atoms with Gasteiger partial charge in [0.15, 0.2) is 0 Å². The number of nitrogens with two attached hydrogens (primary N) is 1. The van der Waals surface area contributed by atoms with Crippen LogP contribution in [-0.2, 0) is 6.42 Å². The molecule has 0 bridgehead atoms. The Morgan fingerprint density at radius 2 is 1.90 bits per heavy atom. The summed E-state index contributed by atoms with van der Waals surface area (Å²) in [5.74, 6) is 1.76. The van der Waals surface area contributed by atoms with Crippen LogP contribution in [0.1, 0.15) is 24.7 Å². The van der Waals surface area contributed by atoms with Crippen molar-refractivity contribution in [3.63, 3.8) is 0 Å². The Labute approximate surface area is 128 Å². The van der Waals surface area contributed by atoms with Gasteiger partial charge < -0.3 is 11.1 Å². The number of nitrogens with one attached hydrogen (secondary N) is 1. The lowest BCUT2D eigenvalue weighted by Crippen LogP contribution is -2.03. The van der Waals surface area contributed by atoms with E-state index >= 15 is 0 Å². The highest BCUT2D eigenvalue weighted by Crippen LogP contribution is 2.30. The lowest BCUT2D eigenvalue weighted by atomic mass is 10.2. The van der Waals surface area contributed by atoms with E-state index in [4.69, 9.17) is 28.9 Å². The van der Waals surface area contributed by atoms with Crippen LogP contribution in [0.2, 0.25) is 10.0 Å². The smallest absolute Gasteiger partial charge is 0.136 e. The highest BCUT2D eigenvalue weighted by molar-refractivity contribution is 6.35. The molecule has 0 aliphatic rings. The van der Waals surface area contributed by atoms with Crippen molar-refractivity contribution in [2.45, 2.75) is 26.7 Å².